The summed E-state index contributed by atoms with van der Waals surface area (Å²) in [7, 11) is 0. The highest BCUT2D eigenvalue weighted by Crippen LogP contribution is 2.16. The maximum absolute atomic E-state index is 12.6. The molecule has 1 amide bonds. The first-order chi connectivity index (χ1) is 30.5. The average molecular weight is 872 g/mol. The lowest BCUT2D eigenvalue weighted by molar-refractivity contribution is -0.132. The first-order valence-electron chi connectivity index (χ1n) is 27.0. The standard InChI is InChI=1S/C56H105NO5/c1-3-5-7-9-11-13-15-17-19-21-23-25-27-29-31-33-35-37-39-41-43-45-47-49-53(59)55(61)52(51-58)57-56(62)54(60)50-48-46-44-42-40-38-36-34-32-30-28-26-24-22-20-18-16-14-12-10-8-6-4-2/h25,27,30,32-33,35,41,43,52-55,58-61H,3-24,26,28-29,31,34,36-40,42,44-51H2,1-2H3,(H,57,62)/b27-25+,32-30-,35-33+,43-41+. The summed E-state index contributed by atoms with van der Waals surface area (Å²) in [6.45, 7) is 4.06. The molecule has 6 nitrogen and oxygen atoms in total. The summed E-state index contributed by atoms with van der Waals surface area (Å²) in [5, 5.41) is 43.9. The second-order valence-corrected chi connectivity index (χ2v) is 18.5. The summed E-state index contributed by atoms with van der Waals surface area (Å²) in [4.78, 5) is 12.6. The van der Waals surface area contributed by atoms with Gasteiger partial charge in [0.1, 0.15) is 12.2 Å². The largest absolute Gasteiger partial charge is 0.394 e. The maximum Gasteiger partial charge on any atom is 0.249 e. The van der Waals surface area contributed by atoms with Crippen molar-refractivity contribution in [3.8, 4) is 0 Å². The number of rotatable bonds is 49. The number of hydrogen-bond acceptors (Lipinski definition) is 5. The summed E-state index contributed by atoms with van der Waals surface area (Å²) >= 11 is 0. The summed E-state index contributed by atoms with van der Waals surface area (Å²) < 4.78 is 0. The third-order valence-corrected chi connectivity index (χ3v) is 12.5. The zero-order valence-electron chi connectivity index (χ0n) is 41.1. The molecular formula is C56H105NO5. The van der Waals surface area contributed by atoms with Crippen LogP contribution >= 0.6 is 0 Å². The van der Waals surface area contributed by atoms with Gasteiger partial charge in [-0.25, -0.2) is 0 Å². The van der Waals surface area contributed by atoms with E-state index in [1.165, 1.54) is 186 Å². The molecule has 0 radical (unpaired) electrons. The Labute approximate surface area is 385 Å². The molecular weight excluding hydrogens is 767 g/mol. The van der Waals surface area contributed by atoms with E-state index in [4.69, 9.17) is 0 Å². The Hall–Kier alpha value is -1.73. The van der Waals surface area contributed by atoms with Crippen LogP contribution in [0.4, 0.5) is 0 Å². The second kappa shape index (κ2) is 50.3. The fourth-order valence-corrected chi connectivity index (χ4v) is 8.20. The lowest BCUT2D eigenvalue weighted by atomic mass is 10.00. The molecule has 0 spiro atoms. The lowest BCUT2D eigenvalue weighted by Crippen LogP contribution is -2.53. The van der Waals surface area contributed by atoms with Crippen LogP contribution in [0.2, 0.25) is 0 Å². The van der Waals surface area contributed by atoms with Gasteiger partial charge < -0.3 is 25.7 Å². The molecule has 4 unspecified atom stereocenters. The van der Waals surface area contributed by atoms with Gasteiger partial charge in [0.25, 0.3) is 0 Å². The Bertz CT molecular complexity index is 1020. The predicted octanol–water partition coefficient (Wildman–Crippen LogP) is 15.4. The molecule has 0 aliphatic heterocycles. The third kappa shape index (κ3) is 43.5. The predicted molar refractivity (Wildman–Crippen MR) is 270 cm³/mol. The maximum atomic E-state index is 12.6. The van der Waals surface area contributed by atoms with Crippen LogP contribution in [0.5, 0.6) is 0 Å². The van der Waals surface area contributed by atoms with E-state index in [0.717, 1.165) is 51.4 Å². The van der Waals surface area contributed by atoms with Crippen molar-refractivity contribution in [2.75, 3.05) is 6.61 Å². The van der Waals surface area contributed by atoms with Crippen molar-refractivity contribution in [3.63, 3.8) is 0 Å². The van der Waals surface area contributed by atoms with Gasteiger partial charge in [-0.2, -0.15) is 0 Å². The third-order valence-electron chi connectivity index (χ3n) is 12.5. The highest BCUT2D eigenvalue weighted by Gasteiger charge is 2.28. The molecule has 0 fully saturated rings. The Morgan fingerprint density at radius 2 is 0.677 bits per heavy atom. The molecule has 0 aliphatic rings. The molecule has 364 valence electrons. The van der Waals surface area contributed by atoms with E-state index >= 15 is 0 Å². The van der Waals surface area contributed by atoms with E-state index in [1.807, 2.05) is 0 Å². The van der Waals surface area contributed by atoms with E-state index in [0.29, 0.717) is 19.3 Å². The van der Waals surface area contributed by atoms with Crippen LogP contribution in [0.3, 0.4) is 0 Å². The van der Waals surface area contributed by atoms with E-state index in [-0.39, 0.29) is 0 Å². The van der Waals surface area contributed by atoms with Gasteiger partial charge in [-0.1, -0.05) is 229 Å². The number of hydrogen-bond donors (Lipinski definition) is 5. The zero-order chi connectivity index (χ0) is 45.2. The summed E-state index contributed by atoms with van der Waals surface area (Å²) in [5.74, 6) is -0.602. The minimum Gasteiger partial charge on any atom is -0.394 e. The van der Waals surface area contributed by atoms with E-state index in [9.17, 15) is 25.2 Å². The molecule has 0 saturated carbocycles. The Kier molecular flexibility index (Phi) is 48.9. The van der Waals surface area contributed by atoms with Crippen LogP contribution in [0.25, 0.3) is 0 Å². The molecule has 4 atom stereocenters. The van der Waals surface area contributed by atoms with Gasteiger partial charge in [0.2, 0.25) is 5.91 Å². The number of aliphatic hydroxyl groups is 4. The zero-order valence-corrected chi connectivity index (χ0v) is 41.1. The summed E-state index contributed by atoms with van der Waals surface area (Å²) in [6.07, 6.45) is 63.1. The van der Waals surface area contributed by atoms with Gasteiger partial charge in [0.05, 0.1) is 18.8 Å². The Morgan fingerprint density at radius 3 is 1.02 bits per heavy atom. The molecule has 0 aliphatic carbocycles. The lowest BCUT2D eigenvalue weighted by Gasteiger charge is -2.27. The number of aliphatic hydroxyl groups excluding tert-OH is 4. The number of allylic oxidation sites excluding steroid dienone is 8. The fraction of sp³-hybridized carbons (Fsp3) is 0.839. The fourth-order valence-electron chi connectivity index (χ4n) is 8.20. The van der Waals surface area contributed by atoms with Gasteiger partial charge >= 0.3 is 0 Å². The Morgan fingerprint density at radius 1 is 0.387 bits per heavy atom. The van der Waals surface area contributed by atoms with Gasteiger partial charge in [-0.05, 0) is 89.9 Å². The molecule has 62 heavy (non-hydrogen) atoms. The van der Waals surface area contributed by atoms with Gasteiger partial charge in [0.15, 0.2) is 0 Å². The first kappa shape index (κ1) is 60.3. The van der Waals surface area contributed by atoms with Crippen molar-refractivity contribution in [2.45, 2.75) is 295 Å². The second-order valence-electron chi connectivity index (χ2n) is 18.5. The van der Waals surface area contributed by atoms with E-state index in [1.54, 1.807) is 0 Å². The molecule has 0 aromatic carbocycles. The molecule has 0 bridgehead atoms. The van der Waals surface area contributed by atoms with Crippen molar-refractivity contribution in [1.29, 1.82) is 0 Å². The SMILES string of the molecule is CCCCCCCCCCCC/C=C/CC/C=C/CC/C=C/CCCC(O)C(O)C(CO)NC(=O)C(O)CCCCCCCCC/C=C\CCCCCCCCCCCCCC. The van der Waals surface area contributed by atoms with Crippen molar-refractivity contribution in [3.05, 3.63) is 48.6 Å². The van der Waals surface area contributed by atoms with Crippen LogP contribution in [0.1, 0.15) is 271 Å². The molecule has 0 rings (SSSR count). The normalized spacial score (nSPS) is 14.2. The number of amides is 1. The van der Waals surface area contributed by atoms with Crippen LogP contribution < -0.4 is 5.32 Å². The molecule has 0 heterocycles. The minimum atomic E-state index is -1.30. The van der Waals surface area contributed by atoms with Gasteiger partial charge in [-0.15, -0.1) is 0 Å². The number of carbonyl (C=O) groups is 1. The van der Waals surface area contributed by atoms with Crippen molar-refractivity contribution in [1.82, 2.24) is 5.32 Å². The highest BCUT2D eigenvalue weighted by atomic mass is 16.3. The van der Waals surface area contributed by atoms with Crippen LogP contribution in [-0.4, -0.2) is 57.3 Å². The van der Waals surface area contributed by atoms with Crippen molar-refractivity contribution in [2.24, 2.45) is 0 Å². The van der Waals surface area contributed by atoms with Crippen LogP contribution in [0.15, 0.2) is 48.6 Å². The van der Waals surface area contributed by atoms with Gasteiger partial charge in [0, 0.05) is 0 Å². The quantitative estimate of drug-likeness (QED) is 0.0309. The first-order valence-corrected chi connectivity index (χ1v) is 27.0. The van der Waals surface area contributed by atoms with Gasteiger partial charge in [-0.3, -0.25) is 4.79 Å². The minimum absolute atomic E-state index is 0.353. The molecule has 0 aromatic rings. The highest BCUT2D eigenvalue weighted by molar-refractivity contribution is 5.80. The number of nitrogens with one attached hydrogen (secondary N) is 1. The smallest absolute Gasteiger partial charge is 0.249 e. The molecule has 0 aromatic heterocycles. The van der Waals surface area contributed by atoms with Crippen LogP contribution in [-0.2, 0) is 4.79 Å². The van der Waals surface area contributed by atoms with E-state index in [2.05, 4.69) is 67.8 Å². The molecule has 5 N–H and O–H groups in total. The summed E-state index contributed by atoms with van der Waals surface area (Å²) in [5.41, 5.74) is 0. The molecule has 0 saturated heterocycles. The average Bonchev–Trinajstić information content (AvgIpc) is 3.28. The number of unbranched alkanes of at least 4 members (excludes halogenated alkanes) is 32. The van der Waals surface area contributed by atoms with Crippen molar-refractivity contribution < 1.29 is 25.2 Å². The summed E-state index contributed by atoms with van der Waals surface area (Å²) in [6, 6.07) is -1.02. The van der Waals surface area contributed by atoms with Crippen LogP contribution in [0, 0.1) is 0 Å². The monoisotopic (exact) mass is 872 g/mol. The number of carbonyl (C=O) groups excluding carboxylic acids is 1. The topological polar surface area (TPSA) is 110 Å². The molecule has 6 heteroatoms. The van der Waals surface area contributed by atoms with E-state index < -0.39 is 36.9 Å². The van der Waals surface area contributed by atoms with Crippen molar-refractivity contribution >= 4 is 5.91 Å². The Balaban J connectivity index is 3.75.